The first-order valence-corrected chi connectivity index (χ1v) is 11.5. The van der Waals surface area contributed by atoms with Crippen LogP contribution in [-0.2, 0) is 18.8 Å². The van der Waals surface area contributed by atoms with Gasteiger partial charge in [0, 0.05) is 56.5 Å². The highest BCUT2D eigenvalue weighted by molar-refractivity contribution is 6.06. The Bertz CT molecular complexity index is 1570. The number of ether oxygens (including phenoxy) is 1. The Balaban J connectivity index is 1.65. The second kappa shape index (κ2) is 7.91. The molecule has 10 heteroatoms. The van der Waals surface area contributed by atoms with Gasteiger partial charge in [0.05, 0.1) is 29.7 Å². The van der Waals surface area contributed by atoms with Crippen LogP contribution in [0.25, 0.3) is 44.7 Å². The van der Waals surface area contributed by atoms with Gasteiger partial charge in [0.25, 0.3) is 0 Å². The van der Waals surface area contributed by atoms with E-state index in [1.807, 2.05) is 37.1 Å². The number of pyridine rings is 1. The normalized spacial score (nSPS) is 18.8. The molecule has 1 fully saturated rings. The highest BCUT2D eigenvalue weighted by Crippen LogP contribution is 2.37. The predicted molar refractivity (Wildman–Crippen MR) is 126 cm³/mol. The van der Waals surface area contributed by atoms with Crippen LogP contribution in [-0.4, -0.2) is 46.6 Å². The van der Waals surface area contributed by atoms with E-state index in [4.69, 9.17) is 9.15 Å². The molecule has 0 amide bonds. The molecule has 0 radical (unpaired) electrons. The molecule has 5 aromatic rings. The lowest BCUT2D eigenvalue weighted by Crippen LogP contribution is -2.34. The zero-order valence-electron chi connectivity index (χ0n) is 19.3. The fourth-order valence-corrected chi connectivity index (χ4v) is 4.83. The average Bonchev–Trinajstić information content (AvgIpc) is 3.57. The Labute approximate surface area is 194 Å². The molecule has 0 saturated carbocycles. The van der Waals surface area contributed by atoms with Gasteiger partial charge in [-0.15, -0.1) is 0 Å². The maximum atomic E-state index is 13.5. The zero-order chi connectivity index (χ0) is 23.4. The molecule has 6 heterocycles. The molecule has 0 N–H and O–H groups in total. The van der Waals surface area contributed by atoms with Crippen molar-refractivity contribution in [2.45, 2.75) is 38.3 Å². The van der Waals surface area contributed by atoms with Crippen molar-refractivity contribution in [3.63, 3.8) is 0 Å². The molecule has 0 aromatic carbocycles. The molecule has 1 saturated heterocycles. The highest BCUT2D eigenvalue weighted by Gasteiger charge is 2.29. The molecule has 0 spiro atoms. The molecule has 5 aromatic heterocycles. The molecule has 6 rings (SSSR count). The van der Waals surface area contributed by atoms with Crippen LogP contribution in [0.5, 0.6) is 0 Å². The van der Waals surface area contributed by atoms with Crippen LogP contribution in [0.2, 0.25) is 0 Å². The molecular formula is C24H25N7O3. The number of rotatable bonds is 4. The van der Waals surface area contributed by atoms with E-state index in [-0.39, 0.29) is 17.8 Å². The number of hydrogen-bond donors (Lipinski definition) is 0. The molecule has 10 nitrogen and oxygen atoms in total. The summed E-state index contributed by atoms with van der Waals surface area (Å²) in [5, 5.41) is 5.02. The van der Waals surface area contributed by atoms with Crippen LogP contribution in [0, 0.1) is 0 Å². The van der Waals surface area contributed by atoms with Crippen LogP contribution in [0.3, 0.4) is 0 Å². The number of hydrogen-bond acceptors (Lipinski definition) is 7. The second-order valence-electron chi connectivity index (χ2n) is 8.88. The molecule has 1 aliphatic heterocycles. The zero-order valence-corrected chi connectivity index (χ0v) is 19.3. The summed E-state index contributed by atoms with van der Waals surface area (Å²) in [6.07, 6.45) is 11.4. The molecule has 1 aliphatic rings. The third-order valence-electron chi connectivity index (χ3n) is 6.53. The van der Waals surface area contributed by atoms with Crippen molar-refractivity contribution in [1.82, 2.24) is 33.9 Å². The van der Waals surface area contributed by atoms with Crippen molar-refractivity contribution in [3.8, 4) is 22.5 Å². The van der Waals surface area contributed by atoms with Crippen molar-refractivity contribution >= 4 is 22.2 Å². The first kappa shape index (κ1) is 20.8. The minimum atomic E-state index is -0.306. The van der Waals surface area contributed by atoms with E-state index in [0.717, 1.165) is 41.5 Å². The number of aromatic nitrogens is 7. The van der Waals surface area contributed by atoms with Crippen LogP contribution < -0.4 is 5.69 Å². The van der Waals surface area contributed by atoms with Crippen LogP contribution >= 0.6 is 0 Å². The fraction of sp³-hybridized carbons (Fsp3) is 0.375. The summed E-state index contributed by atoms with van der Waals surface area (Å²) in [7, 11) is 3.75. The molecular weight excluding hydrogens is 434 g/mol. The molecule has 174 valence electrons. The van der Waals surface area contributed by atoms with Gasteiger partial charge in [-0.3, -0.25) is 9.25 Å². The number of fused-ring (bicyclic) bond motifs is 3. The van der Waals surface area contributed by atoms with Gasteiger partial charge < -0.3 is 13.7 Å². The van der Waals surface area contributed by atoms with Crippen molar-refractivity contribution < 1.29 is 9.15 Å². The monoisotopic (exact) mass is 459 g/mol. The molecule has 0 aliphatic carbocycles. The van der Waals surface area contributed by atoms with E-state index in [0.29, 0.717) is 29.1 Å². The third-order valence-corrected chi connectivity index (χ3v) is 6.53. The van der Waals surface area contributed by atoms with E-state index in [1.54, 1.807) is 28.0 Å². The summed E-state index contributed by atoms with van der Waals surface area (Å²) in [4.78, 5) is 27.0. The van der Waals surface area contributed by atoms with E-state index < -0.39 is 0 Å². The van der Waals surface area contributed by atoms with Crippen molar-refractivity contribution in [1.29, 1.82) is 0 Å². The van der Waals surface area contributed by atoms with E-state index in [1.165, 1.54) is 0 Å². The molecule has 2 atom stereocenters. The summed E-state index contributed by atoms with van der Waals surface area (Å²) >= 11 is 0. The van der Waals surface area contributed by atoms with Gasteiger partial charge in [-0.05, 0) is 25.3 Å². The van der Waals surface area contributed by atoms with Crippen LogP contribution in [0.1, 0.15) is 32.2 Å². The first-order chi connectivity index (χ1) is 16.5. The number of aryl methyl sites for hydroxylation is 2. The van der Waals surface area contributed by atoms with Crippen LogP contribution in [0.4, 0.5) is 0 Å². The minimum Gasteiger partial charge on any atom is -0.434 e. The number of furan rings is 1. The minimum absolute atomic E-state index is 0.0385. The van der Waals surface area contributed by atoms with Gasteiger partial charge in [-0.1, -0.05) is 6.92 Å². The number of nitrogens with zero attached hydrogens (tertiary/aromatic N) is 7. The SMILES string of the molecule is CC[C@H]1C[C@@H](n2c(=O)nc(-c3cnn(C)c3)c3oc4ncc(-c5cn(C)cn5)cc4c32)CCO1. The van der Waals surface area contributed by atoms with Crippen molar-refractivity contribution in [2.24, 2.45) is 14.1 Å². The lowest BCUT2D eigenvalue weighted by Gasteiger charge is -2.30. The first-order valence-electron chi connectivity index (χ1n) is 11.5. The average molecular weight is 460 g/mol. The lowest BCUT2D eigenvalue weighted by molar-refractivity contribution is -0.00709. The largest absolute Gasteiger partial charge is 0.434 e. The quantitative estimate of drug-likeness (QED) is 0.405. The Hall–Kier alpha value is -3.79. The fourth-order valence-electron chi connectivity index (χ4n) is 4.83. The predicted octanol–water partition coefficient (Wildman–Crippen LogP) is 3.47. The second-order valence-corrected chi connectivity index (χ2v) is 8.88. The smallest absolute Gasteiger partial charge is 0.349 e. The van der Waals surface area contributed by atoms with Crippen LogP contribution in [0.15, 0.2) is 46.4 Å². The molecule has 0 unspecified atom stereocenters. The third kappa shape index (κ3) is 3.33. The van der Waals surface area contributed by atoms with Crippen molar-refractivity contribution in [3.05, 3.63) is 47.7 Å². The maximum absolute atomic E-state index is 13.5. The summed E-state index contributed by atoms with van der Waals surface area (Å²) in [5.41, 5.74) is 4.25. The summed E-state index contributed by atoms with van der Waals surface area (Å²) in [5.74, 6) is 0. The lowest BCUT2D eigenvalue weighted by atomic mass is 10.0. The summed E-state index contributed by atoms with van der Waals surface area (Å²) in [6, 6.07) is 1.96. The Morgan fingerprint density at radius 3 is 2.76 bits per heavy atom. The standard InChI is InChI=1S/C24H25N7O3/c1-4-17-8-16(5-6-33-17)31-21-18-7-14(19-12-29(2)13-26-19)9-25-23(18)34-22(21)20(28-24(31)32)15-10-27-30(3)11-15/h7,9-13,16-17H,4-6,8H2,1-3H3/t16-,17-/m0/s1. The van der Waals surface area contributed by atoms with E-state index >= 15 is 0 Å². The Morgan fingerprint density at radius 2 is 2.03 bits per heavy atom. The van der Waals surface area contributed by atoms with Gasteiger partial charge in [-0.2, -0.15) is 10.1 Å². The Kier molecular flexibility index (Phi) is 4.84. The number of imidazole rings is 1. The van der Waals surface area contributed by atoms with Gasteiger partial charge in [-0.25, -0.2) is 14.8 Å². The van der Waals surface area contributed by atoms with Gasteiger partial charge >= 0.3 is 5.69 Å². The van der Waals surface area contributed by atoms with E-state index in [2.05, 4.69) is 27.0 Å². The van der Waals surface area contributed by atoms with Gasteiger partial charge in [0.1, 0.15) is 11.2 Å². The summed E-state index contributed by atoms with van der Waals surface area (Å²) in [6.45, 7) is 2.71. The topological polar surface area (TPSA) is 106 Å². The highest BCUT2D eigenvalue weighted by atomic mass is 16.5. The van der Waals surface area contributed by atoms with Gasteiger partial charge in [0.15, 0.2) is 5.58 Å². The maximum Gasteiger partial charge on any atom is 0.349 e. The molecule has 0 bridgehead atoms. The molecule has 34 heavy (non-hydrogen) atoms. The summed E-state index contributed by atoms with van der Waals surface area (Å²) < 4.78 is 17.5. The van der Waals surface area contributed by atoms with E-state index in [9.17, 15) is 4.79 Å². The van der Waals surface area contributed by atoms with Gasteiger partial charge in [0.2, 0.25) is 5.71 Å². The van der Waals surface area contributed by atoms with Crippen molar-refractivity contribution in [2.75, 3.05) is 6.61 Å². The Morgan fingerprint density at radius 1 is 1.15 bits per heavy atom.